The molecule has 18 heavy (non-hydrogen) atoms. The van der Waals surface area contributed by atoms with E-state index in [2.05, 4.69) is 20.5 Å². The number of aromatic nitrogens is 3. The van der Waals surface area contributed by atoms with Gasteiger partial charge >= 0.3 is 0 Å². The summed E-state index contributed by atoms with van der Waals surface area (Å²) in [5, 5.41) is 9.58. The zero-order valence-electron chi connectivity index (χ0n) is 9.61. The van der Waals surface area contributed by atoms with Crippen molar-refractivity contribution in [1.29, 1.82) is 0 Å². The Bertz CT molecular complexity index is 540. The third-order valence-electron chi connectivity index (χ3n) is 2.04. The summed E-state index contributed by atoms with van der Waals surface area (Å²) in [7, 11) is 0. The van der Waals surface area contributed by atoms with E-state index < -0.39 is 0 Å². The maximum Gasteiger partial charge on any atom is 0.226 e. The van der Waals surface area contributed by atoms with Crippen LogP contribution in [-0.4, -0.2) is 21.1 Å². The number of carbonyl (C=O) groups is 1. The van der Waals surface area contributed by atoms with Crippen molar-refractivity contribution in [2.45, 2.75) is 17.8 Å². The molecule has 0 atom stereocenters. The van der Waals surface area contributed by atoms with Gasteiger partial charge in [0.05, 0.1) is 0 Å². The highest BCUT2D eigenvalue weighted by atomic mass is 32.2. The van der Waals surface area contributed by atoms with Crippen LogP contribution in [0, 0.1) is 5.82 Å². The number of anilines is 1. The van der Waals surface area contributed by atoms with Crippen molar-refractivity contribution >= 4 is 23.6 Å². The van der Waals surface area contributed by atoms with E-state index in [9.17, 15) is 9.18 Å². The van der Waals surface area contributed by atoms with Gasteiger partial charge in [-0.15, -0.1) is 5.10 Å². The second kappa shape index (κ2) is 5.63. The van der Waals surface area contributed by atoms with E-state index in [1.807, 2.05) is 0 Å². The number of halogens is 1. The van der Waals surface area contributed by atoms with Crippen LogP contribution >= 0.6 is 11.8 Å². The van der Waals surface area contributed by atoms with Gasteiger partial charge in [-0.2, -0.15) is 4.98 Å². The first-order valence-electron chi connectivity index (χ1n) is 5.21. The van der Waals surface area contributed by atoms with Gasteiger partial charge in [0.2, 0.25) is 17.0 Å². The molecule has 0 aliphatic carbocycles. The highest BCUT2D eigenvalue weighted by molar-refractivity contribution is 7.98. The lowest BCUT2D eigenvalue weighted by Crippen LogP contribution is -2.06. The van der Waals surface area contributed by atoms with Gasteiger partial charge in [0.15, 0.2) is 0 Å². The van der Waals surface area contributed by atoms with Crippen molar-refractivity contribution in [2.75, 3.05) is 5.32 Å². The van der Waals surface area contributed by atoms with Crippen molar-refractivity contribution in [3.8, 4) is 0 Å². The minimum Gasteiger partial charge on any atom is -0.295 e. The Morgan fingerprint density at radius 2 is 2.17 bits per heavy atom. The predicted molar refractivity (Wildman–Crippen MR) is 66.6 cm³/mol. The summed E-state index contributed by atoms with van der Waals surface area (Å²) in [5.41, 5.74) is 0.979. The summed E-state index contributed by atoms with van der Waals surface area (Å²) in [5.74, 6) is 0.498. The minimum atomic E-state index is -0.255. The van der Waals surface area contributed by atoms with Crippen molar-refractivity contribution < 1.29 is 9.18 Å². The zero-order chi connectivity index (χ0) is 13.0. The van der Waals surface area contributed by atoms with Gasteiger partial charge in [-0.3, -0.25) is 10.1 Å². The normalized spacial score (nSPS) is 10.3. The minimum absolute atomic E-state index is 0.207. The van der Waals surface area contributed by atoms with Gasteiger partial charge in [-0.05, 0) is 17.7 Å². The molecule has 2 rings (SSSR count). The first kappa shape index (κ1) is 12.6. The molecule has 1 amide bonds. The van der Waals surface area contributed by atoms with Crippen LogP contribution in [0.5, 0.6) is 0 Å². The quantitative estimate of drug-likeness (QED) is 0.832. The Morgan fingerprint density at radius 3 is 2.83 bits per heavy atom. The molecule has 0 aliphatic heterocycles. The molecule has 2 aromatic rings. The second-order valence-electron chi connectivity index (χ2n) is 3.56. The summed E-state index contributed by atoms with van der Waals surface area (Å²) in [6, 6.07) is 6.25. The van der Waals surface area contributed by atoms with E-state index in [0.717, 1.165) is 5.56 Å². The van der Waals surface area contributed by atoms with E-state index in [-0.39, 0.29) is 11.7 Å². The molecule has 0 saturated heterocycles. The summed E-state index contributed by atoms with van der Waals surface area (Å²) < 4.78 is 12.7. The number of benzene rings is 1. The van der Waals surface area contributed by atoms with Gasteiger partial charge in [0, 0.05) is 12.7 Å². The maximum atomic E-state index is 12.7. The van der Waals surface area contributed by atoms with Gasteiger partial charge in [-0.1, -0.05) is 23.9 Å². The molecule has 5 nitrogen and oxygen atoms in total. The Balaban J connectivity index is 1.92. The summed E-state index contributed by atoms with van der Waals surface area (Å²) in [6.07, 6.45) is 0. The topological polar surface area (TPSA) is 70.7 Å². The predicted octanol–water partition coefficient (Wildman–Crippen LogP) is 2.19. The molecule has 0 unspecified atom stereocenters. The lowest BCUT2D eigenvalue weighted by atomic mass is 10.2. The van der Waals surface area contributed by atoms with Crippen LogP contribution in [-0.2, 0) is 10.5 Å². The van der Waals surface area contributed by atoms with Gasteiger partial charge in [-0.25, -0.2) is 9.49 Å². The third kappa shape index (κ3) is 3.56. The van der Waals surface area contributed by atoms with Crippen LogP contribution in [0.3, 0.4) is 0 Å². The largest absolute Gasteiger partial charge is 0.295 e. The monoisotopic (exact) mass is 266 g/mol. The number of hydrogen-bond acceptors (Lipinski definition) is 4. The van der Waals surface area contributed by atoms with Gasteiger partial charge in [0.1, 0.15) is 5.82 Å². The van der Waals surface area contributed by atoms with Crippen LogP contribution < -0.4 is 5.32 Å². The molecule has 1 heterocycles. The van der Waals surface area contributed by atoms with E-state index in [1.165, 1.54) is 30.8 Å². The average molecular weight is 266 g/mol. The Kier molecular flexibility index (Phi) is 3.93. The Labute approximate surface area is 107 Å². The Morgan fingerprint density at radius 1 is 1.44 bits per heavy atom. The van der Waals surface area contributed by atoms with Crippen LogP contribution in [0.15, 0.2) is 29.4 Å². The number of rotatable bonds is 4. The second-order valence-corrected chi connectivity index (χ2v) is 4.51. The Hall–Kier alpha value is -1.89. The van der Waals surface area contributed by atoms with Crippen molar-refractivity contribution in [3.05, 3.63) is 35.6 Å². The molecule has 1 aromatic carbocycles. The first-order chi connectivity index (χ1) is 8.63. The summed E-state index contributed by atoms with van der Waals surface area (Å²) in [6.45, 7) is 1.40. The van der Waals surface area contributed by atoms with Crippen LogP contribution in [0.1, 0.15) is 12.5 Å². The van der Waals surface area contributed by atoms with Crippen molar-refractivity contribution in [1.82, 2.24) is 15.2 Å². The molecular weight excluding hydrogens is 255 g/mol. The fraction of sp³-hybridized carbons (Fsp3) is 0.182. The van der Waals surface area contributed by atoms with Crippen molar-refractivity contribution in [3.63, 3.8) is 0 Å². The lowest BCUT2D eigenvalue weighted by molar-refractivity contribution is -0.114. The molecule has 0 bridgehead atoms. The molecule has 0 radical (unpaired) electrons. The van der Waals surface area contributed by atoms with Gasteiger partial charge in [0.25, 0.3) is 0 Å². The van der Waals surface area contributed by atoms with E-state index >= 15 is 0 Å². The fourth-order valence-electron chi connectivity index (χ4n) is 1.26. The number of hydrogen-bond donors (Lipinski definition) is 2. The first-order valence-corrected chi connectivity index (χ1v) is 6.19. The molecule has 2 N–H and O–H groups in total. The molecule has 0 saturated carbocycles. The van der Waals surface area contributed by atoms with Crippen LogP contribution in [0.4, 0.5) is 10.3 Å². The number of thioether (sulfide) groups is 1. The summed E-state index contributed by atoms with van der Waals surface area (Å²) in [4.78, 5) is 14.9. The number of aromatic amines is 1. The van der Waals surface area contributed by atoms with Gasteiger partial charge < -0.3 is 0 Å². The number of carbonyl (C=O) groups excluding carboxylic acids is 1. The molecule has 0 spiro atoms. The van der Waals surface area contributed by atoms with Crippen molar-refractivity contribution in [2.24, 2.45) is 0 Å². The van der Waals surface area contributed by atoms with E-state index in [4.69, 9.17) is 0 Å². The highest BCUT2D eigenvalue weighted by Crippen LogP contribution is 2.19. The number of H-pyrrole nitrogens is 1. The molecule has 0 fully saturated rings. The highest BCUT2D eigenvalue weighted by Gasteiger charge is 2.05. The number of nitrogens with zero attached hydrogens (tertiary/aromatic N) is 2. The number of nitrogens with one attached hydrogen (secondary N) is 2. The number of amides is 1. The maximum absolute atomic E-state index is 12.7. The average Bonchev–Trinajstić information content (AvgIpc) is 2.75. The molecular formula is C11H11FN4OS. The third-order valence-corrected chi connectivity index (χ3v) is 2.96. The molecule has 0 aliphatic rings. The molecule has 7 heteroatoms. The molecule has 1 aromatic heterocycles. The standard InChI is InChI=1S/C11H11FN4OS/c1-7(17)13-10-14-11(16-15-10)18-6-8-2-4-9(12)5-3-8/h2-5H,6H2,1H3,(H2,13,14,15,16,17). The van der Waals surface area contributed by atoms with Crippen LogP contribution in [0.2, 0.25) is 0 Å². The van der Waals surface area contributed by atoms with E-state index in [0.29, 0.717) is 16.9 Å². The smallest absolute Gasteiger partial charge is 0.226 e. The van der Waals surface area contributed by atoms with E-state index in [1.54, 1.807) is 12.1 Å². The van der Waals surface area contributed by atoms with Crippen LogP contribution in [0.25, 0.3) is 0 Å². The fourth-order valence-corrected chi connectivity index (χ4v) is 2.02. The lowest BCUT2D eigenvalue weighted by Gasteiger charge is -1.97. The summed E-state index contributed by atoms with van der Waals surface area (Å²) >= 11 is 1.40. The molecule has 94 valence electrons. The zero-order valence-corrected chi connectivity index (χ0v) is 10.4. The SMILES string of the molecule is CC(=O)Nc1nc(SCc2ccc(F)cc2)n[nH]1.